The number of ether oxygens (including phenoxy) is 6. The fourth-order valence-electron chi connectivity index (χ4n) is 5.73. The Hall–Kier alpha value is -2.06. The van der Waals surface area contributed by atoms with E-state index in [-0.39, 0.29) is 33.0 Å². The molecule has 274 valence electrons. The molecule has 0 amide bonds. The number of carbonyl (C=O) groups excluding carboxylic acids is 1. The molecule has 0 N–H and O–H groups in total. The van der Waals surface area contributed by atoms with Crippen LogP contribution >= 0.6 is 8.58 Å². The molecule has 0 aromatic heterocycles. The van der Waals surface area contributed by atoms with E-state index in [1.165, 1.54) is 12.8 Å². The quantitative estimate of drug-likeness (QED) is 0.0680. The summed E-state index contributed by atoms with van der Waals surface area (Å²) in [5.74, 6) is 4.71. The van der Waals surface area contributed by atoms with Crippen molar-refractivity contribution < 1.29 is 33.2 Å². The van der Waals surface area contributed by atoms with Gasteiger partial charge in [0.05, 0.1) is 46.5 Å². The number of rotatable bonds is 27. The van der Waals surface area contributed by atoms with Crippen LogP contribution in [0.5, 0.6) is 34.5 Å². The number of unbranched alkanes of at least 4 members (excludes halogenated alkanes) is 3. The van der Waals surface area contributed by atoms with Gasteiger partial charge in [-0.05, 0) is 45.6 Å². The van der Waals surface area contributed by atoms with Gasteiger partial charge in [-0.2, -0.15) is 0 Å². The van der Waals surface area contributed by atoms with Crippen molar-refractivity contribution in [1.82, 2.24) is 0 Å². The van der Waals surface area contributed by atoms with E-state index >= 15 is 0 Å². The summed E-state index contributed by atoms with van der Waals surface area (Å²) in [5, 5.41) is 0.751. The van der Waals surface area contributed by atoms with Crippen LogP contribution in [0.4, 0.5) is 0 Å². The zero-order valence-corrected chi connectivity index (χ0v) is 32.5. The third-order valence-corrected chi connectivity index (χ3v) is 10.5. The Morgan fingerprint density at radius 1 is 0.571 bits per heavy atom. The molecule has 0 radical (unpaired) electrons. The Balaban J connectivity index is 0.0000120. The van der Waals surface area contributed by atoms with Crippen LogP contribution in [0.3, 0.4) is 0 Å². The van der Waals surface area contributed by atoms with Gasteiger partial charge in [0.15, 0.2) is 5.52 Å². The number of methoxy groups -OCH3 is 3. The molecular weight excluding hydrogens is 630 g/mol. The van der Waals surface area contributed by atoms with Crippen molar-refractivity contribution in [1.29, 1.82) is 0 Å². The first-order chi connectivity index (χ1) is 23.3. The van der Waals surface area contributed by atoms with Gasteiger partial charge < -0.3 is 28.4 Å². The normalized spacial score (nSPS) is 13.0. The predicted octanol–water partition coefficient (Wildman–Crippen LogP) is 9.99. The van der Waals surface area contributed by atoms with Crippen molar-refractivity contribution in [2.24, 2.45) is 17.8 Å². The van der Waals surface area contributed by atoms with Gasteiger partial charge in [-0.25, -0.2) is 0 Å². The minimum atomic E-state index is -0.292. The van der Waals surface area contributed by atoms with Gasteiger partial charge in [0.2, 0.25) is 0 Å². The molecule has 0 saturated heterocycles. The number of carbonyl (C=O) groups is 1. The number of hydrogen-bond acceptors (Lipinski definition) is 7. The molecule has 7 nitrogen and oxygen atoms in total. The van der Waals surface area contributed by atoms with E-state index in [1.807, 2.05) is 12.1 Å². The van der Waals surface area contributed by atoms with Crippen LogP contribution < -0.4 is 33.7 Å². The van der Waals surface area contributed by atoms with Crippen molar-refractivity contribution in [3.05, 3.63) is 29.8 Å². The summed E-state index contributed by atoms with van der Waals surface area (Å²) in [5.41, 5.74) is 0.248. The molecule has 4 atom stereocenters. The fourth-order valence-corrected chi connectivity index (χ4v) is 6.86. The van der Waals surface area contributed by atoms with E-state index in [1.54, 1.807) is 33.5 Å². The molecule has 4 unspecified atom stereocenters. The van der Waals surface area contributed by atoms with Gasteiger partial charge in [0.1, 0.15) is 40.1 Å². The standard InChI is InChI=1S/C40H65O7P.Li.H/c1-10-16-19-29(13-4)26-45-33-24-36(46-27-30(14-5)20-17-11-2)39(37(25-33)47-28-31(15-6)21-18-12-3)48-40(41)38-34(43-8)22-32(42-7)23-35(38)44-9;;/h22-25,29-31,48H,10-21,26-28H2,1-9H3;;. The molecule has 2 aromatic carbocycles. The first-order valence-corrected chi connectivity index (χ1v) is 19.5. The predicted molar refractivity (Wildman–Crippen MR) is 208 cm³/mol. The summed E-state index contributed by atoms with van der Waals surface area (Å²) in [7, 11) is 4.39. The Morgan fingerprint density at radius 3 is 1.31 bits per heavy atom. The zero-order valence-electron chi connectivity index (χ0n) is 31.5. The minimum absolute atomic E-state index is 0. The first kappa shape index (κ1) is 45.0. The van der Waals surface area contributed by atoms with Crippen molar-refractivity contribution in [2.75, 3.05) is 41.2 Å². The average molecular weight is 697 g/mol. The summed E-state index contributed by atoms with van der Waals surface area (Å²) in [6.07, 6.45) is 13.5. The molecule has 9 heteroatoms. The molecule has 49 heavy (non-hydrogen) atoms. The maximum atomic E-state index is 14.3. The Morgan fingerprint density at radius 2 is 0.959 bits per heavy atom. The average Bonchev–Trinajstić information content (AvgIpc) is 3.11. The van der Waals surface area contributed by atoms with Crippen molar-refractivity contribution in [3.63, 3.8) is 0 Å². The monoisotopic (exact) mass is 696 g/mol. The second kappa shape index (κ2) is 25.8. The number of benzene rings is 2. The fraction of sp³-hybridized carbons (Fsp3) is 0.675. The van der Waals surface area contributed by atoms with Crippen LogP contribution in [-0.4, -0.2) is 65.5 Å². The Labute approximate surface area is 312 Å². The summed E-state index contributed by atoms with van der Waals surface area (Å²) >= 11 is 0. The second-order valence-electron chi connectivity index (χ2n) is 12.8. The van der Waals surface area contributed by atoms with Crippen LogP contribution in [0.1, 0.15) is 129 Å². The maximum absolute atomic E-state index is 14.3. The van der Waals surface area contributed by atoms with E-state index < -0.39 is 0 Å². The van der Waals surface area contributed by atoms with Crippen molar-refractivity contribution >= 4 is 38.3 Å². The molecule has 0 aliphatic carbocycles. The van der Waals surface area contributed by atoms with Crippen LogP contribution in [0.15, 0.2) is 24.3 Å². The summed E-state index contributed by atoms with van der Waals surface area (Å²) in [6.45, 7) is 15.1. The van der Waals surface area contributed by atoms with Gasteiger partial charge in [-0.15, -0.1) is 0 Å². The van der Waals surface area contributed by atoms with E-state index in [9.17, 15) is 4.79 Å². The third kappa shape index (κ3) is 15.0. The summed E-state index contributed by atoms with van der Waals surface area (Å²) in [4.78, 5) is 14.3. The van der Waals surface area contributed by atoms with Gasteiger partial charge >= 0.3 is 18.9 Å². The van der Waals surface area contributed by atoms with E-state index in [4.69, 9.17) is 28.4 Å². The topological polar surface area (TPSA) is 72.5 Å². The van der Waals surface area contributed by atoms with Crippen LogP contribution in [0.2, 0.25) is 0 Å². The molecule has 0 heterocycles. The second-order valence-corrected chi connectivity index (χ2v) is 14.0. The number of hydrogen-bond donors (Lipinski definition) is 0. The van der Waals surface area contributed by atoms with Crippen LogP contribution in [-0.2, 0) is 0 Å². The van der Waals surface area contributed by atoms with E-state index in [2.05, 4.69) is 41.5 Å². The summed E-state index contributed by atoms with van der Waals surface area (Å²) in [6, 6.07) is 7.37. The molecular formula is C40H66LiO7P. The molecule has 2 aromatic rings. The third-order valence-electron chi connectivity index (χ3n) is 9.28. The molecule has 2 rings (SSSR count). The SMILES string of the molecule is CCCCC(CC)COc1cc(OCC(CC)CCCC)c(PC(=O)c2c(OC)cc(OC)cc2OC)c(OCC(CC)CCCC)c1.[LiH]. The molecule has 0 bridgehead atoms. The summed E-state index contributed by atoms with van der Waals surface area (Å²) < 4.78 is 36.6. The molecule has 0 aliphatic heterocycles. The molecule has 0 aliphatic rings. The van der Waals surface area contributed by atoms with Gasteiger partial charge in [0.25, 0.3) is 0 Å². The van der Waals surface area contributed by atoms with Crippen LogP contribution in [0.25, 0.3) is 0 Å². The molecule has 0 fully saturated rings. The van der Waals surface area contributed by atoms with Crippen molar-refractivity contribution in [3.8, 4) is 34.5 Å². The van der Waals surface area contributed by atoms with Crippen molar-refractivity contribution in [2.45, 2.75) is 119 Å². The first-order valence-electron chi connectivity index (χ1n) is 18.5. The van der Waals surface area contributed by atoms with E-state index in [0.29, 0.717) is 71.9 Å². The van der Waals surface area contributed by atoms with Gasteiger partial charge in [-0.1, -0.05) is 99.3 Å². The van der Waals surface area contributed by atoms with Crippen LogP contribution in [0, 0.1) is 17.8 Å². The Bertz CT molecular complexity index is 1140. The van der Waals surface area contributed by atoms with E-state index in [0.717, 1.165) is 75.3 Å². The van der Waals surface area contributed by atoms with Gasteiger partial charge in [-0.3, -0.25) is 4.79 Å². The molecule has 0 saturated carbocycles. The molecule has 0 spiro atoms. The Kier molecular flexibility index (Phi) is 23.7. The van der Waals surface area contributed by atoms with Gasteiger partial charge in [0, 0.05) is 24.3 Å². The zero-order chi connectivity index (χ0) is 35.3.